The number of halogens is 3. The van der Waals surface area contributed by atoms with E-state index in [0.29, 0.717) is 32.5 Å². The highest BCUT2D eigenvalue weighted by atomic mass is 19.4. The van der Waals surface area contributed by atoms with E-state index < -0.39 is 12.1 Å². The van der Waals surface area contributed by atoms with Crippen LogP contribution in [0.25, 0.3) is 0 Å². The molecule has 2 N–H and O–H groups in total. The first-order chi connectivity index (χ1) is 8.90. The third-order valence-electron chi connectivity index (χ3n) is 3.86. The fraction of sp³-hybridized carbons (Fsp3) is 0.923. The minimum Gasteiger partial charge on any atom is -0.343 e. The van der Waals surface area contributed by atoms with Gasteiger partial charge < -0.3 is 10.6 Å². The molecule has 1 rings (SSSR count). The van der Waals surface area contributed by atoms with Crippen molar-refractivity contribution < 1.29 is 18.0 Å². The van der Waals surface area contributed by atoms with Gasteiger partial charge in [0.25, 0.3) is 0 Å². The summed E-state index contributed by atoms with van der Waals surface area (Å²) in [5.41, 5.74) is 5.41. The maximum atomic E-state index is 12.6. The second kappa shape index (κ2) is 7.12. The molecule has 0 aliphatic heterocycles. The van der Waals surface area contributed by atoms with Gasteiger partial charge in [-0.1, -0.05) is 0 Å². The smallest absolute Gasteiger partial charge is 0.343 e. The first kappa shape index (κ1) is 16.3. The molecule has 6 heteroatoms. The van der Waals surface area contributed by atoms with Crippen molar-refractivity contribution >= 4 is 5.91 Å². The number of rotatable bonds is 5. The van der Waals surface area contributed by atoms with Crippen molar-refractivity contribution in [3.05, 3.63) is 0 Å². The summed E-state index contributed by atoms with van der Waals surface area (Å²) in [6.07, 6.45) is -2.53. The standard InChI is InChI=1S/C13H23F3N2O/c1-2-18(9-3-8-17)12(19)10-4-6-11(7-5-10)13(14,15)16/h10-11H,2-9,17H2,1H3. The molecule has 0 aromatic carbocycles. The number of carbonyl (C=O) groups excluding carboxylic acids is 1. The van der Waals surface area contributed by atoms with Gasteiger partial charge in [-0.15, -0.1) is 0 Å². The Labute approximate surface area is 112 Å². The third kappa shape index (κ3) is 4.67. The molecule has 0 unspecified atom stereocenters. The number of nitrogens with two attached hydrogens (primary N) is 1. The maximum Gasteiger partial charge on any atom is 0.391 e. The van der Waals surface area contributed by atoms with Crippen LogP contribution >= 0.6 is 0 Å². The molecule has 1 aliphatic rings. The van der Waals surface area contributed by atoms with Gasteiger partial charge >= 0.3 is 6.18 Å². The Morgan fingerprint density at radius 2 is 1.84 bits per heavy atom. The van der Waals surface area contributed by atoms with E-state index in [-0.39, 0.29) is 24.7 Å². The first-order valence-corrected chi connectivity index (χ1v) is 6.95. The number of alkyl halides is 3. The van der Waals surface area contributed by atoms with Gasteiger partial charge in [-0.25, -0.2) is 0 Å². The summed E-state index contributed by atoms with van der Waals surface area (Å²) in [6, 6.07) is 0. The van der Waals surface area contributed by atoms with E-state index in [4.69, 9.17) is 5.73 Å². The first-order valence-electron chi connectivity index (χ1n) is 6.95. The summed E-state index contributed by atoms with van der Waals surface area (Å²) in [5.74, 6) is -1.47. The molecule has 0 atom stereocenters. The lowest BCUT2D eigenvalue weighted by Crippen LogP contribution is -2.40. The molecule has 3 nitrogen and oxygen atoms in total. The molecule has 0 saturated heterocycles. The average Bonchev–Trinajstić information content (AvgIpc) is 2.38. The monoisotopic (exact) mass is 280 g/mol. The number of hydrogen-bond acceptors (Lipinski definition) is 2. The Bertz CT molecular complexity index is 286. The van der Waals surface area contributed by atoms with Crippen LogP contribution < -0.4 is 5.73 Å². The lowest BCUT2D eigenvalue weighted by Gasteiger charge is -2.32. The molecule has 0 aromatic heterocycles. The van der Waals surface area contributed by atoms with Crippen LogP contribution in [-0.4, -0.2) is 36.6 Å². The van der Waals surface area contributed by atoms with E-state index in [1.165, 1.54) is 0 Å². The topological polar surface area (TPSA) is 46.3 Å². The SMILES string of the molecule is CCN(CCCN)C(=O)C1CCC(C(F)(F)F)CC1. The normalized spacial score (nSPS) is 24.3. The lowest BCUT2D eigenvalue weighted by molar-refractivity contribution is -0.185. The molecular formula is C13H23F3N2O. The summed E-state index contributed by atoms with van der Waals surface area (Å²) in [6.45, 7) is 3.60. The predicted molar refractivity (Wildman–Crippen MR) is 67.4 cm³/mol. The highest BCUT2D eigenvalue weighted by Gasteiger charge is 2.42. The Morgan fingerprint density at radius 1 is 1.26 bits per heavy atom. The number of hydrogen-bond donors (Lipinski definition) is 1. The van der Waals surface area contributed by atoms with E-state index in [9.17, 15) is 18.0 Å². The summed E-state index contributed by atoms with van der Waals surface area (Å²) in [7, 11) is 0. The Morgan fingerprint density at radius 3 is 2.26 bits per heavy atom. The van der Waals surface area contributed by atoms with Gasteiger partial charge in [0.05, 0.1) is 5.92 Å². The van der Waals surface area contributed by atoms with Gasteiger partial charge in [0, 0.05) is 19.0 Å². The third-order valence-corrected chi connectivity index (χ3v) is 3.86. The van der Waals surface area contributed by atoms with Crippen molar-refractivity contribution in [3.63, 3.8) is 0 Å². The van der Waals surface area contributed by atoms with Crippen LogP contribution in [0.2, 0.25) is 0 Å². The van der Waals surface area contributed by atoms with Crippen LogP contribution in [0.4, 0.5) is 13.2 Å². The highest BCUT2D eigenvalue weighted by Crippen LogP contribution is 2.39. The average molecular weight is 280 g/mol. The van der Waals surface area contributed by atoms with Crippen molar-refractivity contribution in [3.8, 4) is 0 Å². The quantitative estimate of drug-likeness (QED) is 0.841. The molecule has 0 bridgehead atoms. The zero-order valence-corrected chi connectivity index (χ0v) is 11.4. The molecule has 19 heavy (non-hydrogen) atoms. The fourth-order valence-corrected chi connectivity index (χ4v) is 2.63. The molecular weight excluding hydrogens is 257 g/mol. The zero-order valence-electron chi connectivity index (χ0n) is 11.4. The van der Waals surface area contributed by atoms with E-state index in [1.807, 2.05) is 6.92 Å². The van der Waals surface area contributed by atoms with Gasteiger partial charge in [-0.3, -0.25) is 4.79 Å². The molecule has 0 heterocycles. The van der Waals surface area contributed by atoms with Crippen LogP contribution in [0.1, 0.15) is 39.0 Å². The maximum absolute atomic E-state index is 12.6. The van der Waals surface area contributed by atoms with Gasteiger partial charge in [0.1, 0.15) is 0 Å². The molecule has 0 spiro atoms. The van der Waals surface area contributed by atoms with Gasteiger partial charge in [-0.05, 0) is 45.6 Å². The number of nitrogens with zero attached hydrogens (tertiary/aromatic N) is 1. The largest absolute Gasteiger partial charge is 0.391 e. The molecule has 0 radical (unpaired) electrons. The lowest BCUT2D eigenvalue weighted by atomic mass is 9.81. The van der Waals surface area contributed by atoms with Crippen molar-refractivity contribution in [2.75, 3.05) is 19.6 Å². The van der Waals surface area contributed by atoms with Crippen molar-refractivity contribution in [2.24, 2.45) is 17.6 Å². The van der Waals surface area contributed by atoms with Crippen LogP contribution in [-0.2, 0) is 4.79 Å². The second-order valence-electron chi connectivity index (χ2n) is 5.15. The summed E-state index contributed by atoms with van der Waals surface area (Å²) >= 11 is 0. The Kier molecular flexibility index (Phi) is 6.10. The molecule has 1 saturated carbocycles. The van der Waals surface area contributed by atoms with Crippen molar-refractivity contribution in [2.45, 2.75) is 45.2 Å². The molecule has 0 aromatic rings. The van der Waals surface area contributed by atoms with Crippen LogP contribution in [0.3, 0.4) is 0 Å². The van der Waals surface area contributed by atoms with Crippen LogP contribution in [0.15, 0.2) is 0 Å². The fourth-order valence-electron chi connectivity index (χ4n) is 2.63. The van der Waals surface area contributed by atoms with E-state index in [1.54, 1.807) is 4.90 Å². The van der Waals surface area contributed by atoms with E-state index in [0.717, 1.165) is 6.42 Å². The van der Waals surface area contributed by atoms with Gasteiger partial charge in [0.2, 0.25) is 5.91 Å². The molecule has 1 fully saturated rings. The number of carbonyl (C=O) groups is 1. The number of amides is 1. The van der Waals surface area contributed by atoms with Crippen molar-refractivity contribution in [1.29, 1.82) is 0 Å². The molecule has 112 valence electrons. The highest BCUT2D eigenvalue weighted by molar-refractivity contribution is 5.78. The van der Waals surface area contributed by atoms with Gasteiger partial charge in [-0.2, -0.15) is 13.2 Å². The molecule has 1 aliphatic carbocycles. The van der Waals surface area contributed by atoms with E-state index >= 15 is 0 Å². The van der Waals surface area contributed by atoms with Crippen LogP contribution in [0.5, 0.6) is 0 Å². The zero-order chi connectivity index (χ0) is 14.5. The Balaban J connectivity index is 2.47. The van der Waals surface area contributed by atoms with Crippen molar-refractivity contribution in [1.82, 2.24) is 4.90 Å². The Hall–Kier alpha value is -0.780. The minimum absolute atomic E-state index is 0.00317. The summed E-state index contributed by atoms with van der Waals surface area (Å²) < 4.78 is 37.7. The van der Waals surface area contributed by atoms with E-state index in [2.05, 4.69) is 0 Å². The predicted octanol–water partition coefficient (Wildman–Crippen LogP) is 2.55. The second-order valence-corrected chi connectivity index (χ2v) is 5.15. The summed E-state index contributed by atoms with van der Waals surface area (Å²) in [4.78, 5) is 13.9. The molecule has 1 amide bonds. The van der Waals surface area contributed by atoms with Gasteiger partial charge in [0.15, 0.2) is 0 Å². The summed E-state index contributed by atoms with van der Waals surface area (Å²) in [5, 5.41) is 0. The van der Waals surface area contributed by atoms with Crippen LogP contribution in [0, 0.1) is 11.8 Å². The minimum atomic E-state index is -4.11.